The molecule has 18 heavy (non-hydrogen) atoms. The van der Waals surface area contributed by atoms with Crippen LogP contribution in [-0.2, 0) is 0 Å². The van der Waals surface area contributed by atoms with Gasteiger partial charge in [-0.3, -0.25) is 4.79 Å². The van der Waals surface area contributed by atoms with Crippen molar-refractivity contribution in [3.63, 3.8) is 0 Å². The molecule has 2 aliphatic rings. The molecule has 2 heterocycles. The Labute approximate surface area is 116 Å². The maximum atomic E-state index is 12.6. The van der Waals surface area contributed by atoms with Crippen LogP contribution in [0, 0.1) is 5.92 Å². The lowest BCUT2D eigenvalue weighted by atomic mass is 10.0. The molecule has 3 unspecified atom stereocenters. The number of carbonyl (C=O) groups is 1. The van der Waals surface area contributed by atoms with Crippen molar-refractivity contribution in [3.8, 4) is 0 Å². The normalized spacial score (nSPS) is 30.6. The number of nitrogens with one attached hydrogen (secondary N) is 1. The van der Waals surface area contributed by atoms with Crippen LogP contribution in [0.3, 0.4) is 0 Å². The minimum Gasteiger partial charge on any atom is -0.331 e. The van der Waals surface area contributed by atoms with Gasteiger partial charge < -0.3 is 10.2 Å². The van der Waals surface area contributed by atoms with Gasteiger partial charge in [0.05, 0.1) is 0 Å². The molecule has 0 aromatic heterocycles. The van der Waals surface area contributed by atoms with Crippen LogP contribution >= 0.6 is 15.9 Å². The van der Waals surface area contributed by atoms with E-state index in [4.69, 9.17) is 0 Å². The number of rotatable bonds is 1. The van der Waals surface area contributed by atoms with Crippen molar-refractivity contribution in [2.75, 3.05) is 13.1 Å². The predicted octanol–water partition coefficient (Wildman–Crippen LogP) is 2.27. The number of benzene rings is 1. The Hall–Kier alpha value is -0.870. The van der Waals surface area contributed by atoms with Gasteiger partial charge in [0, 0.05) is 35.2 Å². The summed E-state index contributed by atoms with van der Waals surface area (Å²) in [6, 6.07) is 8.40. The summed E-state index contributed by atoms with van der Waals surface area (Å²) >= 11 is 3.40. The number of hydrogen-bond donors (Lipinski definition) is 1. The van der Waals surface area contributed by atoms with E-state index in [0.717, 1.165) is 29.5 Å². The second-order valence-corrected chi connectivity index (χ2v) is 6.21. The summed E-state index contributed by atoms with van der Waals surface area (Å²) < 4.78 is 1.01. The minimum absolute atomic E-state index is 0.172. The van der Waals surface area contributed by atoms with Crippen LogP contribution in [0.1, 0.15) is 23.7 Å². The van der Waals surface area contributed by atoms with Crippen molar-refractivity contribution in [2.24, 2.45) is 5.92 Å². The zero-order valence-corrected chi connectivity index (χ0v) is 12.0. The zero-order valence-electron chi connectivity index (χ0n) is 10.4. The Kier molecular flexibility index (Phi) is 3.16. The van der Waals surface area contributed by atoms with Gasteiger partial charge in [-0.2, -0.15) is 0 Å². The van der Waals surface area contributed by atoms with Gasteiger partial charge in [-0.1, -0.05) is 15.9 Å². The molecule has 3 nitrogen and oxygen atoms in total. The number of fused-ring (bicyclic) bond motifs is 1. The molecule has 0 spiro atoms. The summed E-state index contributed by atoms with van der Waals surface area (Å²) in [5, 5.41) is 3.39. The molecule has 2 aliphatic heterocycles. The van der Waals surface area contributed by atoms with Gasteiger partial charge in [-0.05, 0) is 43.5 Å². The van der Waals surface area contributed by atoms with Crippen LogP contribution in [0.2, 0.25) is 0 Å². The van der Waals surface area contributed by atoms with Gasteiger partial charge in [0.1, 0.15) is 0 Å². The lowest BCUT2D eigenvalue weighted by Gasteiger charge is -2.27. The van der Waals surface area contributed by atoms with Crippen molar-refractivity contribution >= 4 is 21.8 Å². The van der Waals surface area contributed by atoms with E-state index < -0.39 is 0 Å². The topological polar surface area (TPSA) is 32.3 Å². The van der Waals surface area contributed by atoms with Crippen LogP contribution in [0.25, 0.3) is 0 Å². The highest BCUT2D eigenvalue weighted by Gasteiger charge is 2.44. The Morgan fingerprint density at radius 1 is 1.33 bits per heavy atom. The molecule has 2 saturated heterocycles. The first-order chi connectivity index (χ1) is 8.66. The zero-order chi connectivity index (χ0) is 12.7. The first-order valence-electron chi connectivity index (χ1n) is 6.46. The molecule has 0 bridgehead atoms. The van der Waals surface area contributed by atoms with Crippen molar-refractivity contribution in [2.45, 2.75) is 25.4 Å². The van der Waals surface area contributed by atoms with E-state index in [1.165, 1.54) is 0 Å². The van der Waals surface area contributed by atoms with Crippen molar-refractivity contribution in [3.05, 3.63) is 34.3 Å². The van der Waals surface area contributed by atoms with Crippen LogP contribution in [0.15, 0.2) is 28.7 Å². The lowest BCUT2D eigenvalue weighted by molar-refractivity contribution is 0.0682. The minimum atomic E-state index is 0.172. The van der Waals surface area contributed by atoms with Gasteiger partial charge in [0.15, 0.2) is 0 Å². The maximum absolute atomic E-state index is 12.6. The molecule has 0 radical (unpaired) electrons. The van der Waals surface area contributed by atoms with E-state index in [0.29, 0.717) is 18.0 Å². The van der Waals surface area contributed by atoms with Gasteiger partial charge in [0.25, 0.3) is 5.91 Å². The van der Waals surface area contributed by atoms with E-state index >= 15 is 0 Å². The molecule has 4 heteroatoms. The molecule has 1 aromatic carbocycles. The van der Waals surface area contributed by atoms with Gasteiger partial charge in [-0.15, -0.1) is 0 Å². The second-order valence-electron chi connectivity index (χ2n) is 5.29. The Morgan fingerprint density at radius 3 is 2.78 bits per heavy atom. The number of halogens is 1. The third kappa shape index (κ3) is 1.97. The molecular weight excluding hydrogens is 292 g/mol. The molecular formula is C14H17BrN2O. The Balaban J connectivity index is 1.85. The largest absolute Gasteiger partial charge is 0.331 e. The van der Waals surface area contributed by atoms with Crippen LogP contribution in [0.4, 0.5) is 0 Å². The van der Waals surface area contributed by atoms with Crippen molar-refractivity contribution in [1.82, 2.24) is 10.2 Å². The third-order valence-electron chi connectivity index (χ3n) is 4.11. The highest BCUT2D eigenvalue weighted by Crippen LogP contribution is 2.33. The summed E-state index contributed by atoms with van der Waals surface area (Å²) in [5.74, 6) is 0.811. The standard InChI is InChI=1S/C14H17BrN2O/c1-9-6-11-7-16-8-13(11)17(9)14(18)10-2-4-12(15)5-3-10/h2-5,9,11,13,16H,6-8H2,1H3. The lowest BCUT2D eigenvalue weighted by Crippen LogP contribution is -2.42. The molecule has 3 rings (SSSR count). The number of amides is 1. The van der Waals surface area contributed by atoms with E-state index in [1.807, 2.05) is 24.3 Å². The fraction of sp³-hybridized carbons (Fsp3) is 0.500. The summed E-state index contributed by atoms with van der Waals surface area (Å²) in [5.41, 5.74) is 0.789. The monoisotopic (exact) mass is 308 g/mol. The summed E-state index contributed by atoms with van der Waals surface area (Å²) in [4.78, 5) is 14.7. The van der Waals surface area contributed by atoms with Crippen LogP contribution < -0.4 is 5.32 Å². The number of hydrogen-bond acceptors (Lipinski definition) is 2. The van der Waals surface area contributed by atoms with E-state index in [9.17, 15) is 4.79 Å². The second kappa shape index (κ2) is 4.67. The Morgan fingerprint density at radius 2 is 2.06 bits per heavy atom. The van der Waals surface area contributed by atoms with Gasteiger partial charge in [0.2, 0.25) is 0 Å². The molecule has 96 valence electrons. The average molecular weight is 309 g/mol. The quantitative estimate of drug-likeness (QED) is 0.863. The molecule has 0 saturated carbocycles. The highest BCUT2D eigenvalue weighted by atomic mass is 79.9. The molecule has 1 aromatic rings. The number of likely N-dealkylation sites (tertiary alicyclic amines) is 1. The predicted molar refractivity (Wildman–Crippen MR) is 74.5 cm³/mol. The fourth-order valence-electron chi connectivity index (χ4n) is 3.26. The first kappa shape index (κ1) is 12.2. The summed E-state index contributed by atoms with van der Waals surface area (Å²) in [7, 11) is 0. The van der Waals surface area contributed by atoms with Crippen molar-refractivity contribution < 1.29 is 4.79 Å². The van der Waals surface area contributed by atoms with Gasteiger partial charge in [-0.25, -0.2) is 0 Å². The third-order valence-corrected chi connectivity index (χ3v) is 4.63. The molecule has 1 amide bonds. The van der Waals surface area contributed by atoms with Gasteiger partial charge >= 0.3 is 0 Å². The average Bonchev–Trinajstić information content (AvgIpc) is 2.89. The summed E-state index contributed by atoms with van der Waals surface area (Å²) in [6.07, 6.45) is 1.12. The molecule has 1 N–H and O–H groups in total. The van der Waals surface area contributed by atoms with E-state index in [-0.39, 0.29) is 5.91 Å². The molecule has 0 aliphatic carbocycles. The van der Waals surface area contributed by atoms with E-state index in [1.54, 1.807) is 0 Å². The summed E-state index contributed by atoms with van der Waals surface area (Å²) in [6.45, 7) is 4.16. The highest BCUT2D eigenvalue weighted by molar-refractivity contribution is 9.10. The molecule has 3 atom stereocenters. The van der Waals surface area contributed by atoms with Crippen LogP contribution in [-0.4, -0.2) is 36.0 Å². The SMILES string of the molecule is CC1CC2CNCC2N1C(=O)c1ccc(Br)cc1. The number of nitrogens with zero attached hydrogens (tertiary/aromatic N) is 1. The van der Waals surface area contributed by atoms with Crippen molar-refractivity contribution in [1.29, 1.82) is 0 Å². The fourth-order valence-corrected chi connectivity index (χ4v) is 3.52. The maximum Gasteiger partial charge on any atom is 0.254 e. The molecule has 2 fully saturated rings. The van der Waals surface area contributed by atoms with Crippen LogP contribution in [0.5, 0.6) is 0 Å². The first-order valence-corrected chi connectivity index (χ1v) is 7.25. The van der Waals surface area contributed by atoms with E-state index in [2.05, 4.69) is 33.1 Å². The number of carbonyl (C=O) groups excluding carboxylic acids is 1. The Bertz CT molecular complexity index is 459. The smallest absolute Gasteiger partial charge is 0.254 e.